The summed E-state index contributed by atoms with van der Waals surface area (Å²) in [6.07, 6.45) is 1.12. The maximum atomic E-state index is 5.97. The first-order chi connectivity index (χ1) is 8.93. The van der Waals surface area contributed by atoms with Gasteiger partial charge in [0.25, 0.3) is 0 Å². The van der Waals surface area contributed by atoms with E-state index in [-0.39, 0.29) is 11.1 Å². The van der Waals surface area contributed by atoms with Crippen molar-refractivity contribution in [3.05, 3.63) is 0 Å². The second-order valence-corrected chi connectivity index (χ2v) is 7.11. The van der Waals surface area contributed by atoms with Gasteiger partial charge in [-0.05, 0) is 31.7 Å². The fourth-order valence-electron chi connectivity index (χ4n) is 2.60. The van der Waals surface area contributed by atoms with Crippen LogP contribution in [0.15, 0.2) is 0 Å². The van der Waals surface area contributed by atoms with Gasteiger partial charge in [-0.1, -0.05) is 20.8 Å². The molecule has 1 atom stereocenters. The van der Waals surface area contributed by atoms with E-state index in [1.807, 2.05) is 0 Å². The van der Waals surface area contributed by atoms with Crippen LogP contribution in [-0.2, 0) is 14.2 Å². The van der Waals surface area contributed by atoms with Gasteiger partial charge in [-0.25, -0.2) is 0 Å². The van der Waals surface area contributed by atoms with E-state index >= 15 is 0 Å². The van der Waals surface area contributed by atoms with Crippen LogP contribution in [-0.4, -0.2) is 50.7 Å². The Hall–Kier alpha value is -0.160. The molecule has 2 fully saturated rings. The summed E-state index contributed by atoms with van der Waals surface area (Å²) >= 11 is 0. The summed E-state index contributed by atoms with van der Waals surface area (Å²) in [5, 5.41) is 3.68. The molecule has 1 N–H and O–H groups in total. The van der Waals surface area contributed by atoms with Gasteiger partial charge in [0, 0.05) is 0 Å². The van der Waals surface area contributed by atoms with Gasteiger partial charge in [0.15, 0.2) is 0 Å². The van der Waals surface area contributed by atoms with Crippen LogP contribution in [0.25, 0.3) is 0 Å². The first kappa shape index (κ1) is 15.2. The monoisotopic (exact) mass is 271 g/mol. The third-order valence-corrected chi connectivity index (χ3v) is 3.91. The minimum atomic E-state index is -0.0388. The highest BCUT2D eigenvalue weighted by atomic mass is 16.6. The Kier molecular flexibility index (Phi) is 4.88. The maximum absolute atomic E-state index is 5.97. The molecule has 112 valence electrons. The number of rotatable bonds is 8. The average Bonchev–Trinajstić information content (AvgIpc) is 2.27. The van der Waals surface area contributed by atoms with Gasteiger partial charge < -0.3 is 19.5 Å². The van der Waals surface area contributed by atoms with Gasteiger partial charge in [-0.2, -0.15) is 0 Å². The Labute approximate surface area is 117 Å². The normalized spacial score (nSPS) is 25.7. The smallest absolute Gasteiger partial charge is 0.112 e. The number of hydrogen-bond acceptors (Lipinski definition) is 4. The van der Waals surface area contributed by atoms with Crippen LogP contribution in [0.5, 0.6) is 0 Å². The van der Waals surface area contributed by atoms with Crippen LogP contribution in [0.3, 0.4) is 0 Å². The SMILES string of the molecule is CC(C)CNC1(CC(C)COC2(C)COC2)COC1. The highest BCUT2D eigenvalue weighted by Gasteiger charge is 2.40. The summed E-state index contributed by atoms with van der Waals surface area (Å²) in [6.45, 7) is 13.9. The first-order valence-electron chi connectivity index (χ1n) is 7.48. The fraction of sp³-hybridized carbons (Fsp3) is 1.00. The van der Waals surface area contributed by atoms with E-state index in [0.29, 0.717) is 11.8 Å². The first-order valence-corrected chi connectivity index (χ1v) is 7.48. The molecule has 0 aromatic rings. The van der Waals surface area contributed by atoms with Crippen molar-refractivity contribution >= 4 is 0 Å². The molecule has 0 amide bonds. The number of ether oxygens (including phenoxy) is 3. The van der Waals surface area contributed by atoms with E-state index < -0.39 is 0 Å². The van der Waals surface area contributed by atoms with Gasteiger partial charge in [-0.15, -0.1) is 0 Å². The standard InChI is InChI=1S/C15H29NO3/c1-12(2)6-16-15(10-18-11-15)5-13(3)7-19-14(4)8-17-9-14/h12-13,16H,5-11H2,1-4H3. The zero-order valence-electron chi connectivity index (χ0n) is 12.8. The van der Waals surface area contributed by atoms with Gasteiger partial charge in [0.05, 0.1) is 38.6 Å². The Morgan fingerprint density at radius 3 is 2.16 bits per heavy atom. The van der Waals surface area contributed by atoms with Crippen LogP contribution in [0.2, 0.25) is 0 Å². The summed E-state index contributed by atoms with van der Waals surface area (Å²) in [5.74, 6) is 1.22. The number of hydrogen-bond donors (Lipinski definition) is 1. The third kappa shape index (κ3) is 4.15. The topological polar surface area (TPSA) is 39.7 Å². The Balaban J connectivity index is 1.71. The van der Waals surface area contributed by atoms with Crippen molar-refractivity contribution in [2.24, 2.45) is 11.8 Å². The van der Waals surface area contributed by atoms with Gasteiger partial charge in [0.2, 0.25) is 0 Å². The molecule has 2 heterocycles. The fourth-order valence-corrected chi connectivity index (χ4v) is 2.60. The highest BCUT2D eigenvalue weighted by Crippen LogP contribution is 2.28. The van der Waals surface area contributed by atoms with Crippen molar-refractivity contribution in [3.63, 3.8) is 0 Å². The largest absolute Gasteiger partial charge is 0.377 e. The molecule has 2 saturated heterocycles. The van der Waals surface area contributed by atoms with Crippen molar-refractivity contribution in [1.82, 2.24) is 5.32 Å². The molecular formula is C15H29NO3. The molecule has 0 saturated carbocycles. The summed E-state index contributed by atoms with van der Waals surface area (Å²) in [6, 6.07) is 0. The molecule has 0 aromatic carbocycles. The van der Waals surface area contributed by atoms with Crippen molar-refractivity contribution in [2.45, 2.75) is 45.3 Å². The zero-order chi connectivity index (χ0) is 13.9. The quantitative estimate of drug-likeness (QED) is 0.731. The molecule has 2 rings (SSSR count). The van der Waals surface area contributed by atoms with Gasteiger partial charge in [0.1, 0.15) is 5.60 Å². The Bertz CT molecular complexity index is 285. The Morgan fingerprint density at radius 2 is 1.74 bits per heavy atom. The molecule has 1 unspecified atom stereocenters. The third-order valence-electron chi connectivity index (χ3n) is 3.91. The van der Waals surface area contributed by atoms with E-state index in [4.69, 9.17) is 14.2 Å². The predicted molar refractivity (Wildman–Crippen MR) is 75.3 cm³/mol. The second-order valence-electron chi connectivity index (χ2n) is 7.11. The van der Waals surface area contributed by atoms with Crippen LogP contribution in [0, 0.1) is 11.8 Å². The number of nitrogens with one attached hydrogen (secondary N) is 1. The lowest BCUT2D eigenvalue weighted by Gasteiger charge is -2.45. The van der Waals surface area contributed by atoms with Crippen molar-refractivity contribution in [3.8, 4) is 0 Å². The molecular weight excluding hydrogens is 242 g/mol. The molecule has 0 bridgehead atoms. The second kappa shape index (κ2) is 6.08. The van der Waals surface area contributed by atoms with Crippen LogP contribution in [0.4, 0.5) is 0 Å². The van der Waals surface area contributed by atoms with E-state index in [0.717, 1.165) is 46.0 Å². The Morgan fingerprint density at radius 1 is 1.11 bits per heavy atom. The van der Waals surface area contributed by atoms with Gasteiger partial charge >= 0.3 is 0 Å². The molecule has 2 aliphatic rings. The molecule has 2 aliphatic heterocycles. The van der Waals surface area contributed by atoms with Crippen molar-refractivity contribution < 1.29 is 14.2 Å². The van der Waals surface area contributed by atoms with Crippen LogP contribution >= 0.6 is 0 Å². The summed E-state index contributed by atoms with van der Waals surface area (Å²) in [7, 11) is 0. The lowest BCUT2D eigenvalue weighted by molar-refractivity contribution is -0.205. The van der Waals surface area contributed by atoms with E-state index in [1.54, 1.807) is 0 Å². The minimum Gasteiger partial charge on any atom is -0.377 e. The summed E-state index contributed by atoms with van der Waals surface area (Å²) in [4.78, 5) is 0. The predicted octanol–water partition coefficient (Wildman–Crippen LogP) is 1.83. The summed E-state index contributed by atoms with van der Waals surface area (Å²) in [5.41, 5.74) is 0.146. The van der Waals surface area contributed by atoms with Crippen molar-refractivity contribution in [1.29, 1.82) is 0 Å². The van der Waals surface area contributed by atoms with E-state index in [2.05, 4.69) is 33.0 Å². The lowest BCUT2D eigenvalue weighted by atomic mass is 9.86. The van der Waals surface area contributed by atoms with Crippen LogP contribution < -0.4 is 5.32 Å². The molecule has 0 spiro atoms. The van der Waals surface area contributed by atoms with Crippen molar-refractivity contribution in [2.75, 3.05) is 39.6 Å². The molecule has 19 heavy (non-hydrogen) atoms. The molecule has 0 aliphatic carbocycles. The molecule has 0 aromatic heterocycles. The molecule has 0 radical (unpaired) electrons. The minimum absolute atomic E-state index is 0.0388. The van der Waals surface area contributed by atoms with E-state index in [9.17, 15) is 0 Å². The summed E-state index contributed by atoms with van der Waals surface area (Å²) < 4.78 is 16.6. The van der Waals surface area contributed by atoms with E-state index in [1.165, 1.54) is 0 Å². The van der Waals surface area contributed by atoms with Gasteiger partial charge in [-0.3, -0.25) is 0 Å². The molecule has 4 heteroatoms. The lowest BCUT2D eigenvalue weighted by Crippen LogP contribution is -2.62. The zero-order valence-corrected chi connectivity index (χ0v) is 12.8. The maximum Gasteiger partial charge on any atom is 0.112 e. The molecule has 4 nitrogen and oxygen atoms in total. The average molecular weight is 271 g/mol. The van der Waals surface area contributed by atoms with Crippen LogP contribution in [0.1, 0.15) is 34.1 Å². The highest BCUT2D eigenvalue weighted by molar-refractivity contribution is 4.95.